The molecule has 0 aliphatic carbocycles. The van der Waals surface area contributed by atoms with Crippen LogP contribution >= 0.6 is 0 Å². The molecule has 4 heteroatoms. The van der Waals surface area contributed by atoms with Crippen molar-refractivity contribution in [3.8, 4) is 0 Å². The highest BCUT2D eigenvalue weighted by Crippen LogP contribution is 2.10. The molecule has 1 aliphatic rings. The van der Waals surface area contributed by atoms with Crippen molar-refractivity contribution in [1.29, 1.82) is 0 Å². The Morgan fingerprint density at radius 3 is 2.93 bits per heavy atom. The van der Waals surface area contributed by atoms with E-state index in [0.29, 0.717) is 25.2 Å². The number of epoxide rings is 1. The summed E-state index contributed by atoms with van der Waals surface area (Å²) in [7, 11) is 0. The second-order valence-electron chi connectivity index (χ2n) is 3.38. The van der Waals surface area contributed by atoms with Crippen molar-refractivity contribution in [2.75, 3.05) is 13.2 Å². The molecule has 0 radical (unpaired) electrons. The molecule has 2 atom stereocenters. The first-order valence-corrected chi connectivity index (χ1v) is 4.78. The monoisotopic (exact) mass is 200 g/mol. The topological polar surface area (TPSA) is 59.1 Å². The van der Waals surface area contributed by atoms with Crippen LogP contribution in [0.15, 0.2) is 11.6 Å². The molecule has 0 amide bonds. The van der Waals surface area contributed by atoms with Gasteiger partial charge in [-0.1, -0.05) is 6.92 Å². The quantitative estimate of drug-likeness (QED) is 0.402. The minimum atomic E-state index is -0.570. The highest BCUT2D eigenvalue weighted by Gasteiger charge is 2.24. The summed E-state index contributed by atoms with van der Waals surface area (Å²) in [5.41, 5.74) is 0.444. The SMILES string of the molecule is CCC(O)/C=C(\C)C(=O)OCC1CO1. The van der Waals surface area contributed by atoms with Gasteiger partial charge < -0.3 is 14.6 Å². The lowest BCUT2D eigenvalue weighted by Crippen LogP contribution is -2.12. The van der Waals surface area contributed by atoms with Gasteiger partial charge in [0.15, 0.2) is 0 Å². The molecule has 80 valence electrons. The van der Waals surface area contributed by atoms with Crippen molar-refractivity contribution >= 4 is 5.97 Å². The van der Waals surface area contributed by atoms with Gasteiger partial charge in [-0.25, -0.2) is 4.79 Å². The molecule has 1 aliphatic heterocycles. The Kier molecular flexibility index (Phi) is 4.10. The molecule has 1 heterocycles. The Labute approximate surface area is 83.5 Å². The lowest BCUT2D eigenvalue weighted by atomic mass is 10.2. The number of carbonyl (C=O) groups excluding carboxylic acids is 1. The number of aliphatic hydroxyl groups is 1. The zero-order chi connectivity index (χ0) is 10.6. The normalized spacial score (nSPS) is 23.1. The van der Waals surface area contributed by atoms with Gasteiger partial charge in [-0.15, -0.1) is 0 Å². The van der Waals surface area contributed by atoms with Crippen molar-refractivity contribution in [3.05, 3.63) is 11.6 Å². The van der Waals surface area contributed by atoms with E-state index < -0.39 is 6.10 Å². The minimum Gasteiger partial charge on any atom is -0.459 e. The zero-order valence-electron chi connectivity index (χ0n) is 8.53. The van der Waals surface area contributed by atoms with Gasteiger partial charge in [0, 0.05) is 5.57 Å². The highest BCUT2D eigenvalue weighted by molar-refractivity contribution is 5.87. The molecular weight excluding hydrogens is 184 g/mol. The fourth-order valence-corrected chi connectivity index (χ4v) is 0.921. The van der Waals surface area contributed by atoms with Crippen molar-refractivity contribution in [1.82, 2.24) is 0 Å². The molecule has 0 bridgehead atoms. The summed E-state index contributed by atoms with van der Waals surface area (Å²) >= 11 is 0. The summed E-state index contributed by atoms with van der Waals surface area (Å²) < 4.78 is 9.82. The minimum absolute atomic E-state index is 0.0860. The molecule has 1 rings (SSSR count). The zero-order valence-corrected chi connectivity index (χ0v) is 8.53. The molecule has 0 spiro atoms. The third-order valence-electron chi connectivity index (χ3n) is 1.99. The smallest absolute Gasteiger partial charge is 0.333 e. The molecule has 14 heavy (non-hydrogen) atoms. The molecule has 0 aromatic heterocycles. The van der Waals surface area contributed by atoms with Crippen LogP contribution in [0.3, 0.4) is 0 Å². The number of rotatable bonds is 5. The van der Waals surface area contributed by atoms with Crippen LogP contribution < -0.4 is 0 Å². The van der Waals surface area contributed by atoms with Crippen molar-refractivity contribution < 1.29 is 19.4 Å². The maximum absolute atomic E-state index is 11.3. The van der Waals surface area contributed by atoms with Gasteiger partial charge in [0.25, 0.3) is 0 Å². The Balaban J connectivity index is 2.29. The summed E-state index contributed by atoms with van der Waals surface area (Å²) in [6, 6.07) is 0. The van der Waals surface area contributed by atoms with Gasteiger partial charge in [0.05, 0.1) is 12.7 Å². The maximum atomic E-state index is 11.3. The molecule has 4 nitrogen and oxygen atoms in total. The Morgan fingerprint density at radius 2 is 2.43 bits per heavy atom. The second-order valence-corrected chi connectivity index (χ2v) is 3.38. The van der Waals surface area contributed by atoms with Crippen LogP contribution in [0, 0.1) is 0 Å². The van der Waals surface area contributed by atoms with Crippen LogP contribution in [0.4, 0.5) is 0 Å². The Morgan fingerprint density at radius 1 is 1.79 bits per heavy atom. The fourth-order valence-electron chi connectivity index (χ4n) is 0.921. The van der Waals surface area contributed by atoms with Gasteiger partial charge in [-0.2, -0.15) is 0 Å². The van der Waals surface area contributed by atoms with Gasteiger partial charge >= 0.3 is 5.97 Å². The molecule has 0 aromatic rings. The average molecular weight is 200 g/mol. The number of aliphatic hydroxyl groups excluding tert-OH is 1. The molecule has 1 fully saturated rings. The Bertz CT molecular complexity index is 230. The third-order valence-corrected chi connectivity index (χ3v) is 1.99. The first-order chi connectivity index (χ1) is 6.63. The van der Waals surface area contributed by atoms with Crippen LogP contribution in [-0.4, -0.2) is 36.5 Å². The van der Waals surface area contributed by atoms with E-state index in [1.54, 1.807) is 6.92 Å². The van der Waals surface area contributed by atoms with E-state index in [1.165, 1.54) is 6.08 Å². The number of hydrogen-bond acceptors (Lipinski definition) is 4. The van der Waals surface area contributed by atoms with E-state index in [0.717, 1.165) is 0 Å². The van der Waals surface area contributed by atoms with Gasteiger partial charge in [0.1, 0.15) is 12.7 Å². The summed E-state index contributed by atoms with van der Waals surface area (Å²) in [6.07, 6.45) is 1.62. The molecule has 1 saturated heterocycles. The summed E-state index contributed by atoms with van der Waals surface area (Å²) in [4.78, 5) is 11.3. The maximum Gasteiger partial charge on any atom is 0.333 e. The fraction of sp³-hybridized carbons (Fsp3) is 0.700. The first kappa shape index (κ1) is 11.2. The molecule has 1 N–H and O–H groups in total. The first-order valence-electron chi connectivity index (χ1n) is 4.78. The predicted octanol–water partition coefficient (Wildman–Crippen LogP) is 0.646. The number of carbonyl (C=O) groups is 1. The van der Waals surface area contributed by atoms with Crippen LogP contribution in [0.5, 0.6) is 0 Å². The third kappa shape index (κ3) is 3.89. The van der Waals surface area contributed by atoms with Crippen molar-refractivity contribution in [2.45, 2.75) is 32.5 Å². The van der Waals surface area contributed by atoms with E-state index >= 15 is 0 Å². The lowest BCUT2D eigenvalue weighted by molar-refractivity contribution is -0.139. The predicted molar refractivity (Wildman–Crippen MR) is 50.8 cm³/mol. The highest BCUT2D eigenvalue weighted by atomic mass is 16.6. The van der Waals surface area contributed by atoms with E-state index in [2.05, 4.69) is 0 Å². The van der Waals surface area contributed by atoms with Gasteiger partial charge in [-0.05, 0) is 19.4 Å². The molecule has 2 unspecified atom stereocenters. The van der Waals surface area contributed by atoms with Gasteiger partial charge in [-0.3, -0.25) is 0 Å². The van der Waals surface area contributed by atoms with Crippen molar-refractivity contribution in [2.24, 2.45) is 0 Å². The van der Waals surface area contributed by atoms with Crippen LogP contribution in [0.2, 0.25) is 0 Å². The summed E-state index contributed by atoms with van der Waals surface area (Å²) in [5, 5.41) is 9.26. The van der Waals surface area contributed by atoms with Crippen LogP contribution in [0.1, 0.15) is 20.3 Å². The standard InChI is InChI=1S/C10H16O4/c1-3-8(11)4-7(2)10(12)14-6-9-5-13-9/h4,8-9,11H,3,5-6H2,1-2H3/b7-4+. The average Bonchev–Trinajstić information content (AvgIpc) is 2.97. The summed E-state index contributed by atoms with van der Waals surface area (Å²) in [6.45, 7) is 4.46. The van der Waals surface area contributed by atoms with Crippen LogP contribution in [-0.2, 0) is 14.3 Å². The molecule has 0 saturated carbocycles. The van der Waals surface area contributed by atoms with E-state index in [1.807, 2.05) is 6.92 Å². The number of ether oxygens (including phenoxy) is 2. The molecular formula is C10H16O4. The van der Waals surface area contributed by atoms with Crippen molar-refractivity contribution in [3.63, 3.8) is 0 Å². The van der Waals surface area contributed by atoms with Gasteiger partial charge in [0.2, 0.25) is 0 Å². The van der Waals surface area contributed by atoms with E-state index in [4.69, 9.17) is 9.47 Å². The second kappa shape index (κ2) is 5.12. The lowest BCUT2D eigenvalue weighted by Gasteiger charge is -2.05. The Hall–Kier alpha value is -0.870. The largest absolute Gasteiger partial charge is 0.459 e. The number of esters is 1. The van der Waals surface area contributed by atoms with E-state index in [-0.39, 0.29) is 12.1 Å². The number of hydrogen-bond donors (Lipinski definition) is 1. The van der Waals surface area contributed by atoms with E-state index in [9.17, 15) is 9.90 Å². The van der Waals surface area contributed by atoms with Crippen LogP contribution in [0.25, 0.3) is 0 Å². The molecule has 0 aromatic carbocycles. The summed E-state index contributed by atoms with van der Waals surface area (Å²) in [5.74, 6) is -0.381.